The van der Waals surface area contributed by atoms with Gasteiger partial charge in [-0.15, -0.1) is 0 Å². The lowest BCUT2D eigenvalue weighted by Gasteiger charge is -2.33. The third-order valence-corrected chi connectivity index (χ3v) is 5.95. The Morgan fingerprint density at radius 2 is 1.79 bits per heavy atom. The van der Waals surface area contributed by atoms with E-state index in [0.29, 0.717) is 12.3 Å². The van der Waals surface area contributed by atoms with Gasteiger partial charge in [0.15, 0.2) is 5.76 Å². The molecular weight excluding hydrogens is 368 g/mol. The zero-order valence-corrected chi connectivity index (χ0v) is 19.0. The molecule has 166 valence electrons. The molecule has 0 spiro atoms. The molecule has 1 aliphatic carbocycles. The highest BCUT2D eigenvalue weighted by Gasteiger charge is 2.42. The molecule has 0 aromatic rings. The molecule has 0 heterocycles. The molecule has 0 unspecified atom stereocenters. The summed E-state index contributed by atoms with van der Waals surface area (Å²) in [5.74, 6) is 0.119. The fourth-order valence-corrected chi connectivity index (χ4v) is 3.78. The number of hydrogen-bond acceptors (Lipinski definition) is 5. The van der Waals surface area contributed by atoms with E-state index in [1.165, 1.54) is 25.4 Å². The highest BCUT2D eigenvalue weighted by molar-refractivity contribution is 5.97. The molecule has 0 saturated heterocycles. The summed E-state index contributed by atoms with van der Waals surface area (Å²) in [5.41, 5.74) is 2.65. The molecule has 29 heavy (non-hydrogen) atoms. The number of hydrogen-bond donors (Lipinski definition) is 2. The Morgan fingerprint density at radius 3 is 2.38 bits per heavy atom. The number of methoxy groups -OCH3 is 2. The summed E-state index contributed by atoms with van der Waals surface area (Å²) in [5, 5.41) is 19.7. The second-order valence-electron chi connectivity index (χ2n) is 8.42. The third kappa shape index (κ3) is 7.63. The number of ether oxygens (including phenoxy) is 2. The molecular formula is C24H40O5. The van der Waals surface area contributed by atoms with Crippen LogP contribution in [0.5, 0.6) is 0 Å². The number of aliphatic hydroxyl groups excluding tert-OH is 2. The average molecular weight is 409 g/mol. The normalized spacial score (nSPS) is 24.7. The zero-order valence-electron chi connectivity index (χ0n) is 19.0. The second-order valence-corrected chi connectivity index (χ2v) is 8.42. The number of rotatable bonds is 12. The zero-order chi connectivity index (χ0) is 22.0. The summed E-state index contributed by atoms with van der Waals surface area (Å²) in [6.45, 7) is 8.45. The predicted molar refractivity (Wildman–Crippen MR) is 116 cm³/mol. The van der Waals surface area contributed by atoms with Crippen molar-refractivity contribution in [2.45, 2.75) is 72.3 Å². The van der Waals surface area contributed by atoms with Crippen LogP contribution in [0, 0.1) is 17.8 Å². The van der Waals surface area contributed by atoms with Crippen LogP contribution in [0.1, 0.15) is 66.2 Å². The van der Waals surface area contributed by atoms with Gasteiger partial charge in [-0.1, -0.05) is 37.1 Å². The molecule has 0 aliphatic heterocycles. The van der Waals surface area contributed by atoms with Crippen LogP contribution in [0.4, 0.5) is 0 Å². The van der Waals surface area contributed by atoms with Gasteiger partial charge >= 0.3 is 0 Å². The second kappa shape index (κ2) is 12.9. The van der Waals surface area contributed by atoms with E-state index >= 15 is 0 Å². The Kier molecular flexibility index (Phi) is 11.3. The Bertz CT molecular complexity index is 617. The number of carbonyl (C=O) groups is 1. The summed E-state index contributed by atoms with van der Waals surface area (Å²) >= 11 is 0. The van der Waals surface area contributed by atoms with Gasteiger partial charge in [-0.2, -0.15) is 0 Å². The predicted octanol–water partition coefficient (Wildman–Crippen LogP) is 4.55. The molecule has 0 bridgehead atoms. The van der Waals surface area contributed by atoms with Gasteiger partial charge in [-0.3, -0.25) is 4.79 Å². The standard InChI is InChI=1S/C24H40O5/c1-16(10-8-12-18(3)15-25)9-7-11-17(2)13-14-20-19(4)21(26)23(28-5)24(29-6)22(20)27/h9,13,18-20,22,25,27H,7-8,10-12,14-15H2,1-6H3/b16-9+,17-13+/t18-,19-,20-,22-/m1/s1. The van der Waals surface area contributed by atoms with Crippen molar-refractivity contribution < 1.29 is 24.5 Å². The van der Waals surface area contributed by atoms with Gasteiger partial charge in [0.25, 0.3) is 0 Å². The summed E-state index contributed by atoms with van der Waals surface area (Å²) in [7, 11) is 2.89. The van der Waals surface area contributed by atoms with E-state index in [1.807, 2.05) is 6.92 Å². The first kappa shape index (κ1) is 25.4. The molecule has 5 nitrogen and oxygen atoms in total. The van der Waals surface area contributed by atoms with Crippen LogP contribution in [-0.4, -0.2) is 42.9 Å². The maximum atomic E-state index is 12.5. The first-order valence-corrected chi connectivity index (χ1v) is 10.7. The number of carbonyl (C=O) groups excluding carboxylic acids is 1. The monoisotopic (exact) mass is 408 g/mol. The smallest absolute Gasteiger partial charge is 0.204 e. The van der Waals surface area contributed by atoms with Crippen molar-refractivity contribution in [2.75, 3.05) is 20.8 Å². The molecule has 1 rings (SSSR count). The van der Waals surface area contributed by atoms with Crippen LogP contribution in [-0.2, 0) is 14.3 Å². The highest BCUT2D eigenvalue weighted by Crippen LogP contribution is 2.35. The lowest BCUT2D eigenvalue weighted by atomic mass is 9.77. The Hall–Kier alpha value is -1.59. The van der Waals surface area contributed by atoms with Crippen molar-refractivity contribution in [2.24, 2.45) is 17.8 Å². The largest absolute Gasteiger partial charge is 0.494 e. The highest BCUT2D eigenvalue weighted by atomic mass is 16.5. The molecule has 0 saturated carbocycles. The average Bonchev–Trinajstić information content (AvgIpc) is 2.70. The van der Waals surface area contributed by atoms with Crippen molar-refractivity contribution in [3.05, 3.63) is 34.8 Å². The topological polar surface area (TPSA) is 76.0 Å². The minimum atomic E-state index is -0.838. The molecule has 0 amide bonds. The number of ketones is 1. The Balaban J connectivity index is 2.57. The summed E-state index contributed by atoms with van der Waals surface area (Å²) < 4.78 is 10.4. The van der Waals surface area contributed by atoms with Crippen molar-refractivity contribution >= 4 is 5.78 Å². The van der Waals surface area contributed by atoms with E-state index in [9.17, 15) is 9.90 Å². The molecule has 2 N–H and O–H groups in total. The quantitative estimate of drug-likeness (QED) is 0.463. The van der Waals surface area contributed by atoms with Crippen LogP contribution in [0.15, 0.2) is 34.8 Å². The minimum Gasteiger partial charge on any atom is -0.494 e. The van der Waals surface area contributed by atoms with Gasteiger partial charge in [-0.25, -0.2) is 0 Å². The summed E-state index contributed by atoms with van der Waals surface area (Å²) in [6.07, 6.45) is 9.42. The van der Waals surface area contributed by atoms with Gasteiger partial charge < -0.3 is 19.7 Å². The van der Waals surface area contributed by atoms with Crippen LogP contribution in [0.25, 0.3) is 0 Å². The summed E-state index contributed by atoms with van der Waals surface area (Å²) in [4.78, 5) is 12.5. The molecule has 5 heteroatoms. The Morgan fingerprint density at radius 1 is 1.14 bits per heavy atom. The van der Waals surface area contributed by atoms with Gasteiger partial charge in [-0.05, 0) is 58.3 Å². The lowest BCUT2D eigenvalue weighted by Crippen LogP contribution is -2.40. The van der Waals surface area contributed by atoms with Crippen LogP contribution < -0.4 is 0 Å². The van der Waals surface area contributed by atoms with Crippen molar-refractivity contribution in [1.29, 1.82) is 0 Å². The maximum Gasteiger partial charge on any atom is 0.204 e. The van der Waals surface area contributed by atoms with E-state index < -0.39 is 6.10 Å². The molecule has 0 fully saturated rings. The minimum absolute atomic E-state index is 0.111. The van der Waals surface area contributed by atoms with Crippen LogP contribution in [0.3, 0.4) is 0 Å². The fourth-order valence-electron chi connectivity index (χ4n) is 3.78. The van der Waals surface area contributed by atoms with E-state index in [-0.39, 0.29) is 35.7 Å². The van der Waals surface area contributed by atoms with Crippen molar-refractivity contribution in [1.82, 2.24) is 0 Å². The van der Waals surface area contributed by atoms with Gasteiger partial charge in [0, 0.05) is 18.4 Å². The Labute approximate surface area is 176 Å². The maximum absolute atomic E-state index is 12.5. The first-order chi connectivity index (χ1) is 13.8. The third-order valence-electron chi connectivity index (χ3n) is 5.95. The van der Waals surface area contributed by atoms with Gasteiger partial charge in [0.1, 0.15) is 6.10 Å². The van der Waals surface area contributed by atoms with E-state index in [0.717, 1.165) is 32.1 Å². The molecule has 1 aliphatic rings. The number of Topliss-reactive ketones (excluding diaryl/α,β-unsaturated/α-hetero) is 1. The fraction of sp³-hybridized carbons (Fsp3) is 0.708. The molecule has 0 aromatic carbocycles. The number of aliphatic hydroxyl groups is 2. The molecule has 4 atom stereocenters. The van der Waals surface area contributed by atoms with E-state index in [1.54, 1.807) is 0 Å². The van der Waals surface area contributed by atoms with Crippen molar-refractivity contribution in [3.63, 3.8) is 0 Å². The van der Waals surface area contributed by atoms with Crippen LogP contribution in [0.2, 0.25) is 0 Å². The SMILES string of the molecule is COC1=C(OC)[C@H](O)[C@H](C/C=C(\C)CC/C=C(\C)CCC[C@@H](C)CO)[C@@H](C)C1=O. The molecule has 0 aromatic heterocycles. The molecule has 0 radical (unpaired) electrons. The first-order valence-electron chi connectivity index (χ1n) is 10.7. The number of allylic oxidation sites excluding steroid dienone is 5. The van der Waals surface area contributed by atoms with Gasteiger partial charge in [0.2, 0.25) is 11.5 Å². The van der Waals surface area contributed by atoms with Crippen molar-refractivity contribution in [3.8, 4) is 0 Å². The lowest BCUT2D eigenvalue weighted by molar-refractivity contribution is -0.128. The van der Waals surface area contributed by atoms with Crippen LogP contribution >= 0.6 is 0 Å². The van der Waals surface area contributed by atoms with Gasteiger partial charge in [0.05, 0.1) is 14.2 Å². The summed E-state index contributed by atoms with van der Waals surface area (Å²) in [6, 6.07) is 0. The van der Waals surface area contributed by atoms with E-state index in [4.69, 9.17) is 14.6 Å². The van der Waals surface area contributed by atoms with E-state index in [2.05, 4.69) is 32.9 Å².